The number of halogens is 2. The van der Waals surface area contributed by atoms with Gasteiger partial charge in [0.15, 0.2) is 0 Å². The van der Waals surface area contributed by atoms with Gasteiger partial charge >= 0.3 is 5.97 Å². The molecule has 28 heavy (non-hydrogen) atoms. The summed E-state index contributed by atoms with van der Waals surface area (Å²) >= 11 is 0. The second kappa shape index (κ2) is 7.91. The molecule has 0 radical (unpaired) electrons. The number of carbonyl (C=O) groups is 2. The third-order valence-corrected chi connectivity index (χ3v) is 4.41. The summed E-state index contributed by atoms with van der Waals surface area (Å²) in [6.45, 7) is 5.45. The summed E-state index contributed by atoms with van der Waals surface area (Å²) < 4.78 is 32.6. The summed E-state index contributed by atoms with van der Waals surface area (Å²) in [7, 11) is 0. The fourth-order valence-electron chi connectivity index (χ4n) is 2.98. The lowest BCUT2D eigenvalue weighted by molar-refractivity contribution is 0.0526. The maximum absolute atomic E-state index is 13.3. The lowest BCUT2D eigenvalue weighted by Crippen LogP contribution is -2.33. The Kier molecular flexibility index (Phi) is 5.57. The molecule has 1 amide bonds. The first-order chi connectivity index (χ1) is 13.3. The molecule has 1 aliphatic heterocycles. The predicted molar refractivity (Wildman–Crippen MR) is 97.9 cm³/mol. The van der Waals surface area contributed by atoms with Crippen molar-refractivity contribution < 1.29 is 23.1 Å². The Bertz CT molecular complexity index is 899. The minimum atomic E-state index is -2.62. The summed E-state index contributed by atoms with van der Waals surface area (Å²) in [6.07, 6.45) is -2.44. The summed E-state index contributed by atoms with van der Waals surface area (Å²) in [6, 6.07) is 3.40. The molecule has 150 valence electrons. The molecule has 2 heterocycles. The molecule has 0 bridgehead atoms. The molecule has 0 saturated carbocycles. The van der Waals surface area contributed by atoms with Crippen molar-refractivity contribution in [2.24, 2.45) is 0 Å². The van der Waals surface area contributed by atoms with Crippen molar-refractivity contribution in [3.63, 3.8) is 0 Å². The number of aromatic nitrogens is 3. The summed E-state index contributed by atoms with van der Waals surface area (Å²) in [5, 5.41) is 9.54. The Morgan fingerprint density at radius 2 is 2.18 bits per heavy atom. The number of aryl methyl sites for hydroxylation is 1. The summed E-state index contributed by atoms with van der Waals surface area (Å²) in [4.78, 5) is 28.5. The molecule has 2 N–H and O–H groups in total. The van der Waals surface area contributed by atoms with Crippen molar-refractivity contribution in [2.45, 2.75) is 45.7 Å². The molecule has 1 aromatic carbocycles. The van der Waals surface area contributed by atoms with E-state index in [0.717, 1.165) is 4.68 Å². The number of hydrogen-bond donors (Lipinski definition) is 2. The van der Waals surface area contributed by atoms with E-state index in [1.807, 2.05) is 0 Å². The highest BCUT2D eigenvalue weighted by molar-refractivity contribution is 6.03. The first-order valence-electron chi connectivity index (χ1n) is 8.90. The number of hydrogen-bond acceptors (Lipinski definition) is 6. The van der Waals surface area contributed by atoms with Gasteiger partial charge in [0.1, 0.15) is 6.04 Å². The van der Waals surface area contributed by atoms with Crippen molar-refractivity contribution in [1.82, 2.24) is 14.8 Å². The Morgan fingerprint density at radius 3 is 2.86 bits per heavy atom. The van der Waals surface area contributed by atoms with E-state index in [1.54, 1.807) is 32.9 Å². The lowest BCUT2D eigenvalue weighted by atomic mass is 10.1. The molecule has 0 saturated heterocycles. The number of amides is 1. The van der Waals surface area contributed by atoms with E-state index in [1.165, 1.54) is 6.07 Å². The zero-order valence-corrected chi connectivity index (χ0v) is 15.7. The molecular formula is C18H21F2N5O3. The number of ether oxygens (including phenoxy) is 1. The third kappa shape index (κ3) is 3.95. The Morgan fingerprint density at radius 1 is 1.43 bits per heavy atom. The van der Waals surface area contributed by atoms with Crippen molar-refractivity contribution in [1.29, 1.82) is 0 Å². The molecule has 10 heteroatoms. The van der Waals surface area contributed by atoms with Crippen LogP contribution >= 0.6 is 0 Å². The normalized spacial score (nSPS) is 18.4. The number of esters is 1. The second-order valence-electron chi connectivity index (χ2n) is 6.59. The number of carbonyl (C=O) groups excluding carboxylic acids is 2. The first-order valence-corrected chi connectivity index (χ1v) is 8.90. The van der Waals surface area contributed by atoms with Crippen LogP contribution in [-0.2, 0) is 4.74 Å². The molecule has 8 nitrogen and oxygen atoms in total. The van der Waals surface area contributed by atoms with Crippen molar-refractivity contribution in [2.75, 3.05) is 17.2 Å². The fourth-order valence-corrected chi connectivity index (χ4v) is 2.98. The van der Waals surface area contributed by atoms with Gasteiger partial charge in [0.05, 0.1) is 12.2 Å². The van der Waals surface area contributed by atoms with Gasteiger partial charge < -0.3 is 15.4 Å². The minimum absolute atomic E-state index is 0.131. The molecule has 2 atom stereocenters. The van der Waals surface area contributed by atoms with Gasteiger partial charge in [-0.25, -0.2) is 18.3 Å². The number of anilines is 2. The van der Waals surface area contributed by atoms with E-state index < -0.39 is 24.3 Å². The average Bonchev–Trinajstić information content (AvgIpc) is 3.06. The van der Waals surface area contributed by atoms with Crippen molar-refractivity contribution >= 4 is 23.5 Å². The van der Waals surface area contributed by atoms with Gasteiger partial charge in [0.25, 0.3) is 12.3 Å². The van der Waals surface area contributed by atoms with Crippen LogP contribution in [-0.4, -0.2) is 45.7 Å². The number of fused-ring (bicyclic) bond motifs is 1. The number of rotatable bonds is 5. The van der Waals surface area contributed by atoms with E-state index in [9.17, 15) is 18.4 Å². The van der Waals surface area contributed by atoms with Crippen LogP contribution in [0.1, 0.15) is 52.9 Å². The molecule has 0 unspecified atom stereocenters. The maximum Gasteiger partial charge on any atom is 0.338 e. The molecular weight excluding hydrogens is 372 g/mol. The van der Waals surface area contributed by atoms with Crippen LogP contribution in [0.4, 0.5) is 20.4 Å². The van der Waals surface area contributed by atoms with Gasteiger partial charge in [0.2, 0.25) is 11.8 Å². The van der Waals surface area contributed by atoms with Gasteiger partial charge in [-0.1, -0.05) is 6.07 Å². The van der Waals surface area contributed by atoms with Gasteiger partial charge in [0, 0.05) is 11.7 Å². The smallest absolute Gasteiger partial charge is 0.338 e. The number of benzene rings is 1. The summed E-state index contributed by atoms with van der Waals surface area (Å²) in [5.41, 5.74) is 1.38. The first kappa shape index (κ1) is 19.7. The standard InChI is InChI=1S/C18H21F2N5O3/c1-4-28-17(27)11-6-5-9(2)12(8-11)22-16(26)15-23-18-21-10(3)7-13(14(19)20)25(18)24-15/h5-6,8,10,13-14H,4,7H2,1-3H3,(H,22,26)(H,21,23,24)/t10-,13-/m1/s1. The Labute approximate surface area is 160 Å². The highest BCUT2D eigenvalue weighted by Gasteiger charge is 2.34. The van der Waals surface area contributed by atoms with Crippen LogP contribution in [0.25, 0.3) is 0 Å². The fraction of sp³-hybridized carbons (Fsp3) is 0.444. The van der Waals surface area contributed by atoms with E-state index >= 15 is 0 Å². The summed E-state index contributed by atoms with van der Waals surface area (Å²) in [5.74, 6) is -1.27. The molecule has 0 spiro atoms. The van der Waals surface area contributed by atoms with Crippen LogP contribution < -0.4 is 10.6 Å². The van der Waals surface area contributed by atoms with Crippen molar-refractivity contribution in [3.8, 4) is 0 Å². The van der Waals surface area contributed by atoms with Crippen LogP contribution in [0.15, 0.2) is 18.2 Å². The van der Waals surface area contributed by atoms with Gasteiger partial charge in [-0.15, -0.1) is 5.10 Å². The van der Waals surface area contributed by atoms with Crippen LogP contribution in [0.3, 0.4) is 0 Å². The number of nitrogens with zero attached hydrogens (tertiary/aromatic N) is 3. The van der Waals surface area contributed by atoms with E-state index in [0.29, 0.717) is 11.3 Å². The van der Waals surface area contributed by atoms with E-state index in [-0.39, 0.29) is 36.4 Å². The predicted octanol–water partition coefficient (Wildman–Crippen LogP) is 3.03. The molecule has 0 aliphatic carbocycles. The SMILES string of the molecule is CCOC(=O)c1ccc(C)c(NC(=O)c2nc3n(n2)[C@@H](C(F)F)C[C@@H](C)N3)c1. The maximum atomic E-state index is 13.3. The average molecular weight is 393 g/mol. The minimum Gasteiger partial charge on any atom is -0.462 e. The number of alkyl halides is 2. The van der Waals surface area contributed by atoms with Crippen LogP contribution in [0.2, 0.25) is 0 Å². The molecule has 2 aromatic rings. The van der Waals surface area contributed by atoms with E-state index in [4.69, 9.17) is 4.74 Å². The number of nitrogens with one attached hydrogen (secondary N) is 2. The van der Waals surface area contributed by atoms with Gasteiger partial charge in [-0.05, 0) is 44.9 Å². The lowest BCUT2D eigenvalue weighted by Gasteiger charge is -2.28. The Hall–Kier alpha value is -3.04. The van der Waals surface area contributed by atoms with Crippen molar-refractivity contribution in [3.05, 3.63) is 35.2 Å². The van der Waals surface area contributed by atoms with Gasteiger partial charge in [-0.3, -0.25) is 4.79 Å². The molecule has 3 rings (SSSR count). The zero-order chi connectivity index (χ0) is 20.4. The topological polar surface area (TPSA) is 98.1 Å². The van der Waals surface area contributed by atoms with Crippen LogP contribution in [0.5, 0.6) is 0 Å². The Balaban J connectivity index is 1.84. The third-order valence-electron chi connectivity index (χ3n) is 4.41. The largest absolute Gasteiger partial charge is 0.462 e. The molecule has 0 fully saturated rings. The van der Waals surface area contributed by atoms with E-state index in [2.05, 4.69) is 20.7 Å². The van der Waals surface area contributed by atoms with Crippen LogP contribution in [0, 0.1) is 6.92 Å². The van der Waals surface area contributed by atoms with Gasteiger partial charge in [-0.2, -0.15) is 4.98 Å². The highest BCUT2D eigenvalue weighted by atomic mass is 19.3. The molecule has 1 aromatic heterocycles. The monoisotopic (exact) mass is 393 g/mol. The molecule has 1 aliphatic rings. The second-order valence-corrected chi connectivity index (χ2v) is 6.59. The quantitative estimate of drug-likeness (QED) is 0.758. The highest BCUT2D eigenvalue weighted by Crippen LogP contribution is 2.30. The zero-order valence-electron chi connectivity index (χ0n) is 15.7.